The molecule has 1 nitrogen and oxygen atoms in total. The lowest BCUT2D eigenvalue weighted by atomic mass is 9.89. The molecule has 0 saturated carbocycles. The summed E-state index contributed by atoms with van der Waals surface area (Å²) < 4.78 is 0. The van der Waals surface area contributed by atoms with E-state index >= 15 is 0 Å². The first kappa shape index (κ1) is 10.4. The molecule has 2 rings (SSSR count). The summed E-state index contributed by atoms with van der Waals surface area (Å²) >= 11 is 0. The van der Waals surface area contributed by atoms with Crippen LogP contribution in [-0.4, -0.2) is 12.6 Å². The third-order valence-corrected chi connectivity index (χ3v) is 3.38. The number of fused-ring (bicyclic) bond motifs is 1. The summed E-state index contributed by atoms with van der Waals surface area (Å²) in [5.41, 5.74) is 5.74. The van der Waals surface area contributed by atoms with E-state index in [1.54, 1.807) is 0 Å². The van der Waals surface area contributed by atoms with Gasteiger partial charge in [0.1, 0.15) is 0 Å². The number of rotatable bonds is 2. The third kappa shape index (κ3) is 1.72. The van der Waals surface area contributed by atoms with Crippen LogP contribution in [0.5, 0.6) is 0 Å². The molecule has 0 fully saturated rings. The van der Waals surface area contributed by atoms with Gasteiger partial charge in [-0.25, -0.2) is 0 Å². The summed E-state index contributed by atoms with van der Waals surface area (Å²) in [6, 6.07) is 6.75. The molecular weight excluding hydrogens is 182 g/mol. The number of allylic oxidation sites excluding steroid dienone is 1. The molecule has 0 amide bonds. The summed E-state index contributed by atoms with van der Waals surface area (Å²) in [6.07, 6.45) is 3.43. The fraction of sp³-hybridized carbons (Fsp3) is 0.429. The number of nitrogens with one attached hydrogen (secondary N) is 1. The van der Waals surface area contributed by atoms with Crippen molar-refractivity contribution in [2.45, 2.75) is 32.7 Å². The molecule has 0 aliphatic heterocycles. The SMILES string of the molecule is CNC(C)(C)C1=CCc2cc(C)ccc21. The smallest absolute Gasteiger partial charge is 0.0377 e. The largest absolute Gasteiger partial charge is 0.311 e. The minimum absolute atomic E-state index is 0.0699. The maximum atomic E-state index is 3.37. The van der Waals surface area contributed by atoms with E-state index < -0.39 is 0 Å². The Morgan fingerprint density at radius 3 is 2.67 bits per heavy atom. The summed E-state index contributed by atoms with van der Waals surface area (Å²) in [4.78, 5) is 0. The number of aryl methyl sites for hydroxylation is 1. The van der Waals surface area contributed by atoms with Crippen molar-refractivity contribution >= 4 is 5.57 Å². The van der Waals surface area contributed by atoms with E-state index in [0.29, 0.717) is 0 Å². The average molecular weight is 201 g/mol. The fourth-order valence-corrected chi connectivity index (χ4v) is 2.20. The van der Waals surface area contributed by atoms with Gasteiger partial charge in [0.15, 0.2) is 0 Å². The van der Waals surface area contributed by atoms with Crippen molar-refractivity contribution < 1.29 is 0 Å². The Labute approximate surface area is 92.2 Å². The second kappa shape index (κ2) is 3.49. The Hall–Kier alpha value is -1.08. The molecular formula is C14H19N. The van der Waals surface area contributed by atoms with Crippen LogP contribution in [0.4, 0.5) is 0 Å². The van der Waals surface area contributed by atoms with E-state index in [1.807, 2.05) is 7.05 Å². The van der Waals surface area contributed by atoms with Gasteiger partial charge in [-0.3, -0.25) is 0 Å². The molecule has 0 unspecified atom stereocenters. The third-order valence-electron chi connectivity index (χ3n) is 3.38. The average Bonchev–Trinajstić information content (AvgIpc) is 2.61. The molecule has 15 heavy (non-hydrogen) atoms. The normalized spacial score (nSPS) is 15.1. The van der Waals surface area contributed by atoms with Gasteiger partial charge in [-0.1, -0.05) is 29.8 Å². The van der Waals surface area contributed by atoms with Crippen molar-refractivity contribution in [3.05, 3.63) is 41.0 Å². The zero-order valence-electron chi connectivity index (χ0n) is 10.0. The maximum absolute atomic E-state index is 3.37. The lowest BCUT2D eigenvalue weighted by molar-refractivity contribution is 0.546. The van der Waals surface area contributed by atoms with Crippen LogP contribution in [0.25, 0.3) is 5.57 Å². The van der Waals surface area contributed by atoms with Gasteiger partial charge in [-0.2, -0.15) is 0 Å². The monoisotopic (exact) mass is 201 g/mol. The highest BCUT2D eigenvalue weighted by Crippen LogP contribution is 2.35. The zero-order chi connectivity index (χ0) is 11.1. The molecule has 1 heteroatoms. The van der Waals surface area contributed by atoms with Crippen molar-refractivity contribution in [1.82, 2.24) is 5.32 Å². The molecule has 0 aromatic heterocycles. The van der Waals surface area contributed by atoms with Gasteiger partial charge in [0.2, 0.25) is 0 Å². The van der Waals surface area contributed by atoms with Gasteiger partial charge in [-0.15, -0.1) is 0 Å². The summed E-state index contributed by atoms with van der Waals surface area (Å²) in [5, 5.41) is 3.37. The van der Waals surface area contributed by atoms with Crippen molar-refractivity contribution in [2.24, 2.45) is 0 Å². The second-order valence-electron chi connectivity index (χ2n) is 4.86. The van der Waals surface area contributed by atoms with Crippen LogP contribution < -0.4 is 5.32 Å². The van der Waals surface area contributed by atoms with Gasteiger partial charge in [0.05, 0.1) is 0 Å². The van der Waals surface area contributed by atoms with Gasteiger partial charge in [-0.05, 0) is 50.9 Å². The van der Waals surface area contributed by atoms with E-state index in [9.17, 15) is 0 Å². The van der Waals surface area contributed by atoms with Gasteiger partial charge in [0, 0.05) is 5.54 Å². The van der Waals surface area contributed by atoms with E-state index in [4.69, 9.17) is 0 Å². The first-order valence-corrected chi connectivity index (χ1v) is 5.54. The molecule has 80 valence electrons. The van der Waals surface area contributed by atoms with Gasteiger partial charge < -0.3 is 5.32 Å². The highest BCUT2D eigenvalue weighted by atomic mass is 14.9. The van der Waals surface area contributed by atoms with Crippen LogP contribution in [0.1, 0.15) is 30.5 Å². The van der Waals surface area contributed by atoms with Crippen LogP contribution in [0.2, 0.25) is 0 Å². The Morgan fingerprint density at radius 2 is 2.00 bits per heavy atom. The molecule has 0 bridgehead atoms. The Morgan fingerprint density at radius 1 is 1.27 bits per heavy atom. The minimum Gasteiger partial charge on any atom is -0.311 e. The highest BCUT2D eigenvalue weighted by Gasteiger charge is 2.26. The van der Waals surface area contributed by atoms with E-state index in [0.717, 1.165) is 6.42 Å². The number of likely N-dealkylation sites (N-methyl/N-ethyl adjacent to an activating group) is 1. The number of hydrogen-bond acceptors (Lipinski definition) is 1. The predicted molar refractivity (Wildman–Crippen MR) is 66.0 cm³/mol. The van der Waals surface area contributed by atoms with Gasteiger partial charge in [0.25, 0.3) is 0 Å². The van der Waals surface area contributed by atoms with Gasteiger partial charge >= 0.3 is 0 Å². The van der Waals surface area contributed by atoms with E-state index in [2.05, 4.69) is 50.4 Å². The van der Waals surface area contributed by atoms with E-state index in [1.165, 1.54) is 22.3 Å². The van der Waals surface area contributed by atoms with E-state index in [-0.39, 0.29) is 5.54 Å². The van der Waals surface area contributed by atoms with Crippen LogP contribution in [0.3, 0.4) is 0 Å². The lowest BCUT2D eigenvalue weighted by Gasteiger charge is -2.27. The molecule has 0 saturated heterocycles. The lowest BCUT2D eigenvalue weighted by Crippen LogP contribution is -2.37. The van der Waals surface area contributed by atoms with Crippen molar-refractivity contribution in [2.75, 3.05) is 7.05 Å². The minimum atomic E-state index is 0.0699. The Balaban J connectivity index is 2.43. The first-order chi connectivity index (χ1) is 7.04. The fourth-order valence-electron chi connectivity index (χ4n) is 2.20. The standard InChI is InChI=1S/C14H19N/c1-10-5-7-12-11(9-10)6-8-13(12)14(2,3)15-4/h5,7-9,15H,6H2,1-4H3. The van der Waals surface area contributed by atoms with Crippen LogP contribution in [-0.2, 0) is 6.42 Å². The molecule has 1 aliphatic carbocycles. The molecule has 0 radical (unpaired) electrons. The molecule has 1 aromatic rings. The Kier molecular flexibility index (Phi) is 2.43. The molecule has 1 aliphatic rings. The molecule has 1 N–H and O–H groups in total. The summed E-state index contributed by atoms with van der Waals surface area (Å²) in [7, 11) is 2.02. The van der Waals surface area contributed by atoms with Crippen LogP contribution >= 0.6 is 0 Å². The maximum Gasteiger partial charge on any atom is 0.0377 e. The molecule has 1 aromatic carbocycles. The van der Waals surface area contributed by atoms with Crippen LogP contribution in [0.15, 0.2) is 24.3 Å². The summed E-state index contributed by atoms with van der Waals surface area (Å²) in [5.74, 6) is 0. The number of hydrogen-bond donors (Lipinski definition) is 1. The molecule has 0 atom stereocenters. The van der Waals surface area contributed by atoms with Crippen molar-refractivity contribution in [3.63, 3.8) is 0 Å². The highest BCUT2D eigenvalue weighted by molar-refractivity contribution is 5.78. The predicted octanol–water partition coefficient (Wildman–Crippen LogP) is 2.93. The zero-order valence-corrected chi connectivity index (χ0v) is 10.0. The summed E-state index contributed by atoms with van der Waals surface area (Å²) in [6.45, 7) is 6.61. The molecule has 0 heterocycles. The molecule has 0 spiro atoms. The first-order valence-electron chi connectivity index (χ1n) is 5.54. The van der Waals surface area contributed by atoms with Crippen LogP contribution in [0, 0.1) is 6.92 Å². The Bertz CT molecular complexity index is 413. The van der Waals surface area contributed by atoms with Crippen molar-refractivity contribution in [3.8, 4) is 0 Å². The quantitative estimate of drug-likeness (QED) is 0.775. The number of benzene rings is 1. The van der Waals surface area contributed by atoms with Crippen molar-refractivity contribution in [1.29, 1.82) is 0 Å². The topological polar surface area (TPSA) is 12.0 Å². The second-order valence-corrected chi connectivity index (χ2v) is 4.86.